The molecular formula is C28H35NO5S. The van der Waals surface area contributed by atoms with Crippen LogP contribution in [-0.4, -0.2) is 43.9 Å². The number of allylic oxidation sites excluding steroid dienone is 2. The first-order valence-corrected chi connectivity index (χ1v) is 12.7. The summed E-state index contributed by atoms with van der Waals surface area (Å²) < 4.78 is 16.8. The molecular weight excluding hydrogens is 462 g/mol. The standard InChI is InChI=1S/C28H35NO5S/c1-8-34-27(31)20(29-25-24(35-17(2)3)26(30)28(25,4)5)14-18-15-21(32-6)23(22(16-18)33-7)19-12-10-9-11-13-19/h9-13,15-17,20,29H,8,14H2,1-7H3/t20-/m0/s1. The third-order valence-electron chi connectivity index (χ3n) is 5.94. The molecule has 188 valence electrons. The van der Waals surface area contributed by atoms with Gasteiger partial charge in [-0.2, -0.15) is 0 Å². The van der Waals surface area contributed by atoms with Crippen LogP contribution >= 0.6 is 11.8 Å². The molecule has 0 heterocycles. The van der Waals surface area contributed by atoms with E-state index in [1.54, 1.807) is 21.1 Å². The number of nitrogens with one attached hydrogen (secondary N) is 1. The Balaban J connectivity index is 1.99. The lowest BCUT2D eigenvalue weighted by Crippen LogP contribution is -2.51. The summed E-state index contributed by atoms with van der Waals surface area (Å²) in [6, 6.07) is 13.1. The van der Waals surface area contributed by atoms with Gasteiger partial charge in [0.2, 0.25) is 0 Å². The summed E-state index contributed by atoms with van der Waals surface area (Å²) in [7, 11) is 3.24. The lowest BCUT2D eigenvalue weighted by atomic mass is 9.74. The van der Waals surface area contributed by atoms with E-state index >= 15 is 0 Å². The van der Waals surface area contributed by atoms with E-state index in [0.29, 0.717) is 22.8 Å². The normalized spacial score (nSPS) is 15.5. The van der Waals surface area contributed by atoms with E-state index in [4.69, 9.17) is 14.2 Å². The molecule has 0 amide bonds. The Morgan fingerprint density at radius 2 is 1.66 bits per heavy atom. The Morgan fingerprint density at radius 3 is 2.17 bits per heavy atom. The van der Waals surface area contributed by atoms with Crippen LogP contribution in [0.3, 0.4) is 0 Å². The molecule has 0 aromatic heterocycles. The fourth-order valence-corrected chi connectivity index (χ4v) is 5.41. The van der Waals surface area contributed by atoms with Gasteiger partial charge in [0.1, 0.15) is 17.5 Å². The van der Waals surface area contributed by atoms with Crippen LogP contribution in [0.15, 0.2) is 53.1 Å². The summed E-state index contributed by atoms with van der Waals surface area (Å²) in [6.07, 6.45) is 0.341. The average molecular weight is 498 g/mol. The smallest absolute Gasteiger partial charge is 0.328 e. The maximum Gasteiger partial charge on any atom is 0.328 e. The monoisotopic (exact) mass is 497 g/mol. The molecule has 6 nitrogen and oxygen atoms in total. The maximum absolute atomic E-state index is 13.0. The lowest BCUT2D eigenvalue weighted by Gasteiger charge is -2.40. The molecule has 0 spiro atoms. The summed E-state index contributed by atoms with van der Waals surface area (Å²) in [5.41, 5.74) is 2.80. The number of thioether (sulfide) groups is 1. The SMILES string of the molecule is CCOC(=O)[C@H](Cc1cc(OC)c(-c2ccccc2)c(OC)c1)NC1=C(SC(C)C)C(=O)C1(C)C. The number of hydrogen-bond acceptors (Lipinski definition) is 7. The molecule has 1 aliphatic rings. The molecule has 2 aromatic rings. The summed E-state index contributed by atoms with van der Waals surface area (Å²) in [5.74, 6) is 1.04. The van der Waals surface area contributed by atoms with Gasteiger partial charge in [-0.15, -0.1) is 11.8 Å². The third-order valence-corrected chi connectivity index (χ3v) is 7.03. The number of Topliss-reactive ketones (excluding diaryl/α,β-unsaturated/α-hetero) is 1. The van der Waals surface area contributed by atoms with Crippen LogP contribution in [0.25, 0.3) is 11.1 Å². The van der Waals surface area contributed by atoms with Crippen molar-refractivity contribution in [3.05, 3.63) is 58.6 Å². The Labute approximate surface area is 212 Å². The van der Waals surface area contributed by atoms with Gasteiger partial charge in [-0.3, -0.25) is 4.79 Å². The van der Waals surface area contributed by atoms with Gasteiger partial charge in [-0.1, -0.05) is 44.2 Å². The Kier molecular flexibility index (Phi) is 8.54. The molecule has 0 aliphatic heterocycles. The fraction of sp³-hybridized carbons (Fsp3) is 0.429. The van der Waals surface area contributed by atoms with Crippen LogP contribution in [0.4, 0.5) is 0 Å². The van der Waals surface area contributed by atoms with E-state index in [0.717, 1.165) is 22.4 Å². The minimum atomic E-state index is -0.672. The largest absolute Gasteiger partial charge is 0.496 e. The number of ketones is 1. The zero-order valence-corrected chi connectivity index (χ0v) is 22.4. The van der Waals surface area contributed by atoms with Gasteiger partial charge in [0.15, 0.2) is 5.78 Å². The predicted molar refractivity (Wildman–Crippen MR) is 141 cm³/mol. The van der Waals surface area contributed by atoms with Crippen LogP contribution < -0.4 is 14.8 Å². The first-order valence-electron chi connectivity index (χ1n) is 11.8. The van der Waals surface area contributed by atoms with E-state index in [2.05, 4.69) is 5.32 Å². The van der Waals surface area contributed by atoms with E-state index in [1.807, 2.05) is 70.2 Å². The molecule has 2 aromatic carbocycles. The number of esters is 1. The molecule has 0 radical (unpaired) electrons. The van der Waals surface area contributed by atoms with Crippen LogP contribution in [0.5, 0.6) is 11.5 Å². The van der Waals surface area contributed by atoms with Crippen molar-refractivity contribution in [3.8, 4) is 22.6 Å². The summed E-state index contributed by atoms with van der Waals surface area (Å²) >= 11 is 1.52. The second-order valence-electron chi connectivity index (χ2n) is 9.22. The highest BCUT2D eigenvalue weighted by Gasteiger charge is 2.48. The zero-order valence-electron chi connectivity index (χ0n) is 21.6. The molecule has 1 N–H and O–H groups in total. The highest BCUT2D eigenvalue weighted by atomic mass is 32.2. The molecule has 0 unspecified atom stereocenters. The molecule has 3 rings (SSSR count). The second kappa shape index (κ2) is 11.2. The zero-order chi connectivity index (χ0) is 25.8. The summed E-state index contributed by atoms with van der Waals surface area (Å²) in [4.78, 5) is 26.4. The van der Waals surface area contributed by atoms with Crippen molar-refractivity contribution in [2.45, 2.75) is 52.3 Å². The van der Waals surface area contributed by atoms with E-state index in [9.17, 15) is 9.59 Å². The molecule has 1 atom stereocenters. The quantitative estimate of drug-likeness (QED) is 0.417. The highest BCUT2D eigenvalue weighted by molar-refractivity contribution is 8.04. The van der Waals surface area contributed by atoms with Crippen LogP contribution in [0, 0.1) is 5.41 Å². The van der Waals surface area contributed by atoms with E-state index < -0.39 is 11.5 Å². The number of methoxy groups -OCH3 is 2. The molecule has 1 aliphatic carbocycles. The van der Waals surface area contributed by atoms with Gasteiger partial charge in [0.05, 0.1) is 36.7 Å². The average Bonchev–Trinajstić information content (AvgIpc) is 2.84. The summed E-state index contributed by atoms with van der Waals surface area (Å²) in [6.45, 7) is 9.90. The van der Waals surface area contributed by atoms with Gasteiger partial charge in [0, 0.05) is 17.4 Å². The van der Waals surface area contributed by atoms with Crippen LogP contribution in [-0.2, 0) is 20.7 Å². The minimum absolute atomic E-state index is 0.0943. The van der Waals surface area contributed by atoms with E-state index in [-0.39, 0.29) is 23.6 Å². The molecule has 7 heteroatoms. The second-order valence-corrected chi connectivity index (χ2v) is 10.8. The van der Waals surface area contributed by atoms with Crippen molar-refractivity contribution in [1.29, 1.82) is 0 Å². The molecule has 0 fully saturated rings. The number of carbonyl (C=O) groups is 2. The van der Waals surface area contributed by atoms with Gasteiger partial charge in [0.25, 0.3) is 0 Å². The topological polar surface area (TPSA) is 73.9 Å². The fourth-order valence-electron chi connectivity index (χ4n) is 4.15. The minimum Gasteiger partial charge on any atom is -0.496 e. The van der Waals surface area contributed by atoms with Crippen molar-refractivity contribution < 1.29 is 23.8 Å². The molecule has 35 heavy (non-hydrogen) atoms. The van der Waals surface area contributed by atoms with Crippen molar-refractivity contribution in [2.75, 3.05) is 20.8 Å². The van der Waals surface area contributed by atoms with Crippen molar-refractivity contribution in [1.82, 2.24) is 5.32 Å². The number of ether oxygens (including phenoxy) is 3. The molecule has 0 saturated heterocycles. The van der Waals surface area contributed by atoms with Gasteiger partial charge >= 0.3 is 5.97 Å². The van der Waals surface area contributed by atoms with Gasteiger partial charge in [-0.25, -0.2) is 4.79 Å². The number of benzene rings is 2. The predicted octanol–water partition coefficient (Wildman–Crippen LogP) is 5.40. The first-order chi connectivity index (χ1) is 16.6. The van der Waals surface area contributed by atoms with Crippen molar-refractivity contribution in [3.63, 3.8) is 0 Å². The Morgan fingerprint density at radius 1 is 1.06 bits per heavy atom. The van der Waals surface area contributed by atoms with Crippen LogP contribution in [0.1, 0.15) is 40.2 Å². The highest BCUT2D eigenvalue weighted by Crippen LogP contribution is 2.47. The molecule has 0 bridgehead atoms. The first kappa shape index (κ1) is 26.7. The van der Waals surface area contributed by atoms with Crippen molar-refractivity contribution >= 4 is 23.5 Å². The Bertz CT molecular complexity index is 1080. The maximum atomic E-state index is 13.0. The summed E-state index contributed by atoms with van der Waals surface area (Å²) in [5, 5.41) is 3.62. The third kappa shape index (κ3) is 5.67. The molecule has 0 saturated carbocycles. The lowest BCUT2D eigenvalue weighted by molar-refractivity contribution is -0.145. The number of hydrogen-bond donors (Lipinski definition) is 1. The van der Waals surface area contributed by atoms with Crippen molar-refractivity contribution in [2.24, 2.45) is 5.41 Å². The number of rotatable bonds is 11. The number of carbonyl (C=O) groups excluding carboxylic acids is 2. The van der Waals surface area contributed by atoms with Crippen LogP contribution in [0.2, 0.25) is 0 Å². The Hall–Kier alpha value is -2.93. The van der Waals surface area contributed by atoms with Gasteiger partial charge in [-0.05, 0) is 44.0 Å². The van der Waals surface area contributed by atoms with Gasteiger partial charge < -0.3 is 19.5 Å². The van der Waals surface area contributed by atoms with E-state index in [1.165, 1.54) is 11.8 Å².